The van der Waals surface area contributed by atoms with E-state index in [1.165, 1.54) is 4.40 Å². The van der Waals surface area contributed by atoms with Gasteiger partial charge in [-0.2, -0.15) is 0 Å². The molecule has 104 valence electrons. The van der Waals surface area contributed by atoms with E-state index in [2.05, 4.69) is 9.97 Å². The third kappa shape index (κ3) is 1.69. The maximum Gasteiger partial charge on any atom is 0.267 e. The van der Waals surface area contributed by atoms with Gasteiger partial charge in [0.2, 0.25) is 5.78 Å². The van der Waals surface area contributed by atoms with Crippen LogP contribution in [0.5, 0.6) is 0 Å². The molecule has 0 fully saturated rings. The number of hydrogen-bond donors (Lipinski definition) is 1. The molecule has 4 rings (SSSR count). The van der Waals surface area contributed by atoms with Crippen molar-refractivity contribution in [3.8, 4) is 0 Å². The van der Waals surface area contributed by atoms with Gasteiger partial charge in [-0.15, -0.1) is 0 Å². The normalized spacial score (nSPS) is 11.8. The van der Waals surface area contributed by atoms with Gasteiger partial charge >= 0.3 is 0 Å². The first kappa shape index (κ1) is 12.7. The number of aryl methyl sites for hydroxylation is 1. The van der Waals surface area contributed by atoms with Gasteiger partial charge in [0, 0.05) is 0 Å². The van der Waals surface area contributed by atoms with Gasteiger partial charge in [0.1, 0.15) is 0 Å². The van der Waals surface area contributed by atoms with E-state index in [-0.39, 0.29) is 5.56 Å². The van der Waals surface area contributed by atoms with Gasteiger partial charge in [-0.25, -0.2) is 9.38 Å². The Morgan fingerprint density at radius 1 is 1.19 bits per heavy atom. The first-order valence-corrected chi connectivity index (χ1v) is 7.10. The fourth-order valence-corrected chi connectivity index (χ4v) is 2.97. The zero-order valence-electron chi connectivity index (χ0n) is 10.9. The second-order valence-electron chi connectivity index (χ2n) is 4.95. The van der Waals surface area contributed by atoms with Crippen LogP contribution in [0.15, 0.2) is 35.1 Å². The van der Waals surface area contributed by atoms with Crippen LogP contribution in [0.25, 0.3) is 27.7 Å². The zero-order valence-corrected chi connectivity index (χ0v) is 12.5. The van der Waals surface area contributed by atoms with Crippen LogP contribution in [-0.2, 0) is 0 Å². The molecular weight excluding hydrogens is 309 g/mol. The van der Waals surface area contributed by atoms with Gasteiger partial charge in [0.15, 0.2) is 0 Å². The van der Waals surface area contributed by atoms with Crippen molar-refractivity contribution < 1.29 is 0 Å². The number of aromatic nitrogens is 3. The summed E-state index contributed by atoms with van der Waals surface area (Å²) in [5.74, 6) is 0.478. The van der Waals surface area contributed by atoms with Crippen molar-refractivity contribution in [3.05, 3.63) is 56.3 Å². The number of H-pyrrole nitrogens is 1. The van der Waals surface area contributed by atoms with Crippen LogP contribution in [0.4, 0.5) is 0 Å². The topological polar surface area (TPSA) is 50.2 Å². The van der Waals surface area contributed by atoms with Gasteiger partial charge in [-0.05, 0) is 30.7 Å². The van der Waals surface area contributed by atoms with Gasteiger partial charge in [-0.3, -0.25) is 4.79 Å². The Morgan fingerprint density at radius 3 is 2.76 bits per heavy atom. The minimum atomic E-state index is -0.113. The number of aromatic amines is 1. The molecule has 21 heavy (non-hydrogen) atoms. The summed E-state index contributed by atoms with van der Waals surface area (Å²) < 4.78 is 1.53. The van der Waals surface area contributed by atoms with Gasteiger partial charge in [0.05, 0.1) is 32.0 Å². The lowest BCUT2D eigenvalue weighted by molar-refractivity contribution is 1.12. The Balaban J connectivity index is 2.33. The number of halogens is 2. The number of hydrogen-bond acceptors (Lipinski definition) is 2. The minimum absolute atomic E-state index is 0.113. The summed E-state index contributed by atoms with van der Waals surface area (Å²) in [6.07, 6.45) is 0. The summed E-state index contributed by atoms with van der Waals surface area (Å²) in [5, 5.41) is 1.45. The fraction of sp³-hybridized carbons (Fsp3) is 0.0667. The fourth-order valence-electron chi connectivity index (χ4n) is 2.65. The molecule has 1 N–H and O–H groups in total. The molecule has 0 aliphatic carbocycles. The molecule has 4 nitrogen and oxygen atoms in total. The van der Waals surface area contributed by atoms with Crippen LogP contribution in [0.2, 0.25) is 10.0 Å². The lowest BCUT2D eigenvalue weighted by atomic mass is 10.1. The highest BCUT2D eigenvalue weighted by Gasteiger charge is 2.13. The average molecular weight is 318 g/mol. The Bertz CT molecular complexity index is 1100. The molecule has 0 saturated heterocycles. The molecule has 2 heterocycles. The maximum absolute atomic E-state index is 12.8. The van der Waals surface area contributed by atoms with Gasteiger partial charge in [0.25, 0.3) is 5.56 Å². The van der Waals surface area contributed by atoms with Crippen LogP contribution in [0.1, 0.15) is 5.56 Å². The number of benzene rings is 2. The molecule has 0 spiro atoms. The molecule has 2 aromatic carbocycles. The van der Waals surface area contributed by atoms with Crippen LogP contribution in [-0.4, -0.2) is 14.4 Å². The van der Waals surface area contributed by atoms with E-state index >= 15 is 0 Å². The molecular formula is C15H9Cl2N3O. The van der Waals surface area contributed by atoms with E-state index in [1.807, 2.05) is 25.1 Å². The molecule has 4 aromatic rings. The predicted molar refractivity (Wildman–Crippen MR) is 85.6 cm³/mol. The van der Waals surface area contributed by atoms with E-state index in [0.29, 0.717) is 32.2 Å². The van der Waals surface area contributed by atoms with Crippen LogP contribution < -0.4 is 5.56 Å². The van der Waals surface area contributed by atoms with Crippen molar-refractivity contribution >= 4 is 50.9 Å². The SMILES string of the molecule is Cc1cccc2nc3[nH]c4cc(Cl)c(Cl)cc4n3c(=O)c12. The monoisotopic (exact) mass is 317 g/mol. The van der Waals surface area contributed by atoms with E-state index in [9.17, 15) is 4.79 Å². The molecule has 6 heteroatoms. The zero-order chi connectivity index (χ0) is 14.7. The number of rotatable bonds is 0. The van der Waals surface area contributed by atoms with Crippen LogP contribution >= 0.6 is 23.2 Å². The summed E-state index contributed by atoms with van der Waals surface area (Å²) in [6, 6.07) is 8.99. The number of imidazole rings is 1. The van der Waals surface area contributed by atoms with Crippen molar-refractivity contribution in [2.75, 3.05) is 0 Å². The van der Waals surface area contributed by atoms with E-state index in [0.717, 1.165) is 11.1 Å². The largest absolute Gasteiger partial charge is 0.323 e. The lowest BCUT2D eigenvalue weighted by Crippen LogP contribution is -2.15. The number of nitrogens with one attached hydrogen (secondary N) is 1. The Labute approximate surface area is 128 Å². The van der Waals surface area contributed by atoms with Crippen molar-refractivity contribution in [1.29, 1.82) is 0 Å². The molecule has 0 aliphatic rings. The summed E-state index contributed by atoms with van der Waals surface area (Å²) in [4.78, 5) is 20.4. The second kappa shape index (κ2) is 4.23. The smallest absolute Gasteiger partial charge is 0.267 e. The molecule has 0 saturated carbocycles. The first-order chi connectivity index (χ1) is 10.1. The van der Waals surface area contributed by atoms with Gasteiger partial charge < -0.3 is 4.98 Å². The van der Waals surface area contributed by atoms with Crippen LogP contribution in [0, 0.1) is 6.92 Å². The molecule has 0 amide bonds. The highest BCUT2D eigenvalue weighted by atomic mass is 35.5. The third-order valence-electron chi connectivity index (χ3n) is 3.63. The van der Waals surface area contributed by atoms with E-state index < -0.39 is 0 Å². The molecule has 0 unspecified atom stereocenters. The van der Waals surface area contributed by atoms with Gasteiger partial charge in [-0.1, -0.05) is 35.3 Å². The molecule has 0 radical (unpaired) electrons. The molecule has 0 aliphatic heterocycles. The summed E-state index contributed by atoms with van der Waals surface area (Å²) in [6.45, 7) is 1.90. The van der Waals surface area contributed by atoms with E-state index in [1.54, 1.807) is 12.1 Å². The summed E-state index contributed by atoms with van der Waals surface area (Å²) in [5.41, 5.74) is 2.85. The molecule has 0 bridgehead atoms. The predicted octanol–water partition coefficient (Wildman–Crippen LogP) is 3.94. The standard InChI is InChI=1S/C15H9Cl2N3O/c1-7-3-2-4-10-13(7)14(21)20-12-6-9(17)8(16)5-11(12)19-15(20)18-10/h2-6H,1H3,(H,18,19). The number of nitrogens with zero attached hydrogens (tertiary/aromatic N) is 2. The van der Waals surface area contributed by atoms with Crippen LogP contribution in [0.3, 0.4) is 0 Å². The quantitative estimate of drug-likeness (QED) is 0.534. The summed E-state index contributed by atoms with van der Waals surface area (Å²) in [7, 11) is 0. The Morgan fingerprint density at radius 2 is 1.95 bits per heavy atom. The first-order valence-electron chi connectivity index (χ1n) is 6.35. The summed E-state index contributed by atoms with van der Waals surface area (Å²) >= 11 is 12.1. The van der Waals surface area contributed by atoms with Crippen molar-refractivity contribution in [2.45, 2.75) is 6.92 Å². The van der Waals surface area contributed by atoms with Crippen molar-refractivity contribution in [3.63, 3.8) is 0 Å². The number of fused-ring (bicyclic) bond motifs is 4. The average Bonchev–Trinajstić information content (AvgIpc) is 2.77. The highest BCUT2D eigenvalue weighted by molar-refractivity contribution is 6.42. The molecule has 2 aromatic heterocycles. The minimum Gasteiger partial charge on any atom is -0.323 e. The third-order valence-corrected chi connectivity index (χ3v) is 4.35. The lowest BCUT2D eigenvalue weighted by Gasteiger charge is -2.02. The maximum atomic E-state index is 12.8. The van der Waals surface area contributed by atoms with Crippen molar-refractivity contribution in [1.82, 2.24) is 14.4 Å². The second-order valence-corrected chi connectivity index (χ2v) is 5.77. The van der Waals surface area contributed by atoms with E-state index in [4.69, 9.17) is 23.2 Å². The molecule has 0 atom stereocenters. The highest BCUT2D eigenvalue weighted by Crippen LogP contribution is 2.28. The Kier molecular flexibility index (Phi) is 2.55. The Hall–Kier alpha value is -2.04. The van der Waals surface area contributed by atoms with Crippen molar-refractivity contribution in [2.24, 2.45) is 0 Å².